The maximum Gasteiger partial charge on any atom is 0.219 e. The number of piperidine rings is 1. The topological polar surface area (TPSA) is 28.6 Å². The molecule has 1 aromatic heterocycles. The summed E-state index contributed by atoms with van der Waals surface area (Å²) in [5.74, 6) is 1.48. The van der Waals surface area contributed by atoms with Crippen LogP contribution < -0.4 is 4.74 Å². The van der Waals surface area contributed by atoms with Gasteiger partial charge in [-0.1, -0.05) is 24.3 Å². The highest BCUT2D eigenvalue weighted by atomic mass is 16.5. The van der Waals surface area contributed by atoms with E-state index >= 15 is 0 Å². The number of hydrogen-bond acceptors (Lipinski definition) is 4. The number of rotatable bonds is 4. The molecule has 2 aliphatic rings. The van der Waals surface area contributed by atoms with E-state index in [1.165, 1.54) is 51.0 Å². The van der Waals surface area contributed by atoms with Crippen LogP contribution in [0.1, 0.15) is 24.8 Å². The molecule has 0 N–H and O–H groups in total. The van der Waals surface area contributed by atoms with Crippen LogP contribution in [0.5, 0.6) is 11.6 Å². The Kier molecular flexibility index (Phi) is 4.73. The molecule has 0 bridgehead atoms. The van der Waals surface area contributed by atoms with Gasteiger partial charge < -0.3 is 9.64 Å². The molecule has 0 amide bonds. The van der Waals surface area contributed by atoms with E-state index in [1.807, 2.05) is 42.6 Å². The van der Waals surface area contributed by atoms with Crippen LogP contribution in [0.4, 0.5) is 0 Å². The van der Waals surface area contributed by atoms with Crippen molar-refractivity contribution in [2.75, 3.05) is 33.2 Å². The number of ether oxygens (including phenoxy) is 1. The van der Waals surface area contributed by atoms with Gasteiger partial charge in [-0.05, 0) is 69.1 Å². The lowest BCUT2D eigenvalue weighted by molar-refractivity contribution is 0.105. The number of hydrogen-bond donors (Lipinski definition) is 0. The minimum atomic E-state index is 0.594. The van der Waals surface area contributed by atoms with Gasteiger partial charge in [-0.15, -0.1) is 0 Å². The minimum absolute atomic E-state index is 0.594. The lowest BCUT2D eigenvalue weighted by Crippen LogP contribution is -2.40. The second-order valence-corrected chi connectivity index (χ2v) is 7.68. The second kappa shape index (κ2) is 7.14. The lowest BCUT2D eigenvalue weighted by atomic mass is 9.78. The Bertz CT molecular complexity index is 678. The van der Waals surface area contributed by atoms with Gasteiger partial charge in [-0.2, -0.15) is 0 Å². The molecule has 0 saturated carbocycles. The normalized spacial score (nSPS) is 20.8. The van der Waals surface area contributed by atoms with Crippen LogP contribution in [0.2, 0.25) is 0 Å². The van der Waals surface area contributed by atoms with Crippen molar-refractivity contribution < 1.29 is 4.74 Å². The molecule has 1 spiro atoms. The van der Waals surface area contributed by atoms with Gasteiger partial charge in [0, 0.05) is 25.4 Å². The first-order valence-electron chi connectivity index (χ1n) is 9.30. The SMILES string of the molecule is CN1CCC2(CCN(Cc3ccc(Oc4ccccc4)nc3)CC2)C1. The van der Waals surface area contributed by atoms with Crippen LogP contribution in [-0.2, 0) is 6.54 Å². The molecule has 4 nitrogen and oxygen atoms in total. The molecule has 1 aromatic carbocycles. The smallest absolute Gasteiger partial charge is 0.219 e. The predicted molar refractivity (Wildman–Crippen MR) is 99.8 cm³/mol. The number of nitrogens with zero attached hydrogens (tertiary/aromatic N) is 3. The molecular weight excluding hydrogens is 310 g/mol. The standard InChI is InChI=1S/C21H27N3O/c1-23-12-9-21(17-23)10-13-24(14-11-21)16-18-7-8-20(22-15-18)25-19-5-3-2-4-6-19/h2-8,15H,9-14,16-17H2,1H3. The average molecular weight is 337 g/mol. The van der Waals surface area contributed by atoms with Crippen LogP contribution in [0, 0.1) is 5.41 Å². The molecule has 0 radical (unpaired) electrons. The van der Waals surface area contributed by atoms with Crippen molar-refractivity contribution in [1.82, 2.24) is 14.8 Å². The first kappa shape index (κ1) is 16.6. The Labute approximate surface area is 150 Å². The van der Waals surface area contributed by atoms with Crippen molar-refractivity contribution in [2.45, 2.75) is 25.8 Å². The van der Waals surface area contributed by atoms with E-state index in [4.69, 9.17) is 4.74 Å². The largest absolute Gasteiger partial charge is 0.439 e. The van der Waals surface area contributed by atoms with Crippen molar-refractivity contribution in [2.24, 2.45) is 5.41 Å². The molecule has 2 fully saturated rings. The molecular formula is C21H27N3O. The summed E-state index contributed by atoms with van der Waals surface area (Å²) in [7, 11) is 2.26. The van der Waals surface area contributed by atoms with Gasteiger partial charge in [-0.3, -0.25) is 4.90 Å². The van der Waals surface area contributed by atoms with Crippen LogP contribution in [0.15, 0.2) is 48.7 Å². The highest BCUT2D eigenvalue weighted by Gasteiger charge is 2.39. The zero-order valence-corrected chi connectivity index (χ0v) is 15.0. The molecule has 2 aromatic rings. The monoisotopic (exact) mass is 337 g/mol. The number of aromatic nitrogens is 1. The molecule has 0 unspecified atom stereocenters. The summed E-state index contributed by atoms with van der Waals surface area (Å²) >= 11 is 0. The highest BCUT2D eigenvalue weighted by molar-refractivity contribution is 5.27. The maximum atomic E-state index is 5.77. The third kappa shape index (κ3) is 4.02. The average Bonchev–Trinajstić information content (AvgIpc) is 3.00. The fraction of sp³-hybridized carbons (Fsp3) is 0.476. The summed E-state index contributed by atoms with van der Waals surface area (Å²) in [6.45, 7) is 5.96. The quantitative estimate of drug-likeness (QED) is 0.849. The molecule has 0 atom stereocenters. The zero-order valence-electron chi connectivity index (χ0n) is 15.0. The van der Waals surface area contributed by atoms with Gasteiger partial charge in [0.2, 0.25) is 5.88 Å². The summed E-state index contributed by atoms with van der Waals surface area (Å²) in [6.07, 6.45) is 6.00. The first-order chi connectivity index (χ1) is 12.2. The molecule has 4 rings (SSSR count). The highest BCUT2D eigenvalue weighted by Crippen LogP contribution is 2.39. The Morgan fingerprint density at radius 2 is 1.76 bits per heavy atom. The van der Waals surface area contributed by atoms with E-state index in [0.717, 1.165) is 12.3 Å². The Morgan fingerprint density at radius 3 is 2.40 bits per heavy atom. The van der Waals surface area contributed by atoms with Crippen molar-refractivity contribution in [1.29, 1.82) is 0 Å². The van der Waals surface area contributed by atoms with Crippen LogP contribution in [0.25, 0.3) is 0 Å². The van der Waals surface area contributed by atoms with Crippen molar-refractivity contribution >= 4 is 0 Å². The van der Waals surface area contributed by atoms with Crippen LogP contribution in [-0.4, -0.2) is 48.0 Å². The predicted octanol–water partition coefficient (Wildman–Crippen LogP) is 3.79. The minimum Gasteiger partial charge on any atom is -0.439 e. The van der Waals surface area contributed by atoms with Crippen LogP contribution in [0.3, 0.4) is 0 Å². The third-order valence-corrected chi connectivity index (χ3v) is 5.72. The van der Waals surface area contributed by atoms with E-state index in [9.17, 15) is 0 Å². The summed E-state index contributed by atoms with van der Waals surface area (Å²) in [5, 5.41) is 0. The number of likely N-dealkylation sites (tertiary alicyclic amines) is 2. The van der Waals surface area contributed by atoms with Crippen molar-refractivity contribution in [3.8, 4) is 11.6 Å². The van der Waals surface area contributed by atoms with E-state index in [-0.39, 0.29) is 0 Å². The third-order valence-electron chi connectivity index (χ3n) is 5.72. The van der Waals surface area contributed by atoms with Crippen molar-refractivity contribution in [3.05, 3.63) is 54.2 Å². The summed E-state index contributed by atoms with van der Waals surface area (Å²) in [6, 6.07) is 13.9. The fourth-order valence-corrected chi connectivity index (χ4v) is 4.18. The fourth-order valence-electron chi connectivity index (χ4n) is 4.18. The van der Waals surface area contributed by atoms with Gasteiger partial charge in [0.1, 0.15) is 5.75 Å². The molecule has 132 valence electrons. The number of para-hydroxylation sites is 1. The Hall–Kier alpha value is -1.91. The van der Waals surface area contributed by atoms with E-state index in [2.05, 4.69) is 27.9 Å². The molecule has 25 heavy (non-hydrogen) atoms. The van der Waals surface area contributed by atoms with Crippen molar-refractivity contribution in [3.63, 3.8) is 0 Å². The first-order valence-corrected chi connectivity index (χ1v) is 9.30. The van der Waals surface area contributed by atoms with E-state index in [1.54, 1.807) is 0 Å². The van der Waals surface area contributed by atoms with E-state index < -0.39 is 0 Å². The molecule has 2 aliphatic heterocycles. The summed E-state index contributed by atoms with van der Waals surface area (Å²) in [4.78, 5) is 9.52. The van der Waals surface area contributed by atoms with Crippen LogP contribution >= 0.6 is 0 Å². The van der Waals surface area contributed by atoms with Gasteiger partial charge in [-0.25, -0.2) is 4.98 Å². The van der Waals surface area contributed by atoms with Gasteiger partial charge in [0.25, 0.3) is 0 Å². The second-order valence-electron chi connectivity index (χ2n) is 7.68. The molecule has 2 saturated heterocycles. The maximum absolute atomic E-state index is 5.77. The summed E-state index contributed by atoms with van der Waals surface area (Å²) < 4.78 is 5.77. The van der Waals surface area contributed by atoms with E-state index in [0.29, 0.717) is 11.3 Å². The Balaban J connectivity index is 1.30. The summed E-state index contributed by atoms with van der Waals surface area (Å²) in [5.41, 5.74) is 1.86. The molecule has 4 heteroatoms. The Morgan fingerprint density at radius 1 is 1.00 bits per heavy atom. The number of pyridine rings is 1. The van der Waals surface area contributed by atoms with Gasteiger partial charge in [0.05, 0.1) is 0 Å². The zero-order chi connectivity index (χ0) is 17.1. The van der Waals surface area contributed by atoms with Gasteiger partial charge in [0.15, 0.2) is 0 Å². The lowest BCUT2D eigenvalue weighted by Gasteiger charge is -2.39. The number of benzene rings is 1. The molecule has 3 heterocycles. The molecule has 0 aliphatic carbocycles. The van der Waals surface area contributed by atoms with Gasteiger partial charge >= 0.3 is 0 Å².